The van der Waals surface area contributed by atoms with Crippen molar-refractivity contribution in [1.29, 1.82) is 0 Å². The molecule has 1 aromatic carbocycles. The first-order valence-corrected chi connectivity index (χ1v) is 6.87. The largest absolute Gasteiger partial charge is 0.388 e. The number of nitrogens with zero attached hydrogens (tertiary/aromatic N) is 3. The normalized spacial score (nSPS) is 17.8. The van der Waals surface area contributed by atoms with Crippen LogP contribution in [0, 0.1) is 4.91 Å². The standard InChI is InChI=1S/C14H16N4O3/c19-13-11-2-1-10(17-21)7-12(11)16-9-18(13)8-14(20)3-5-15-6-4-14/h1-2,7,9,15,20H,3-6,8H2. The number of benzene rings is 1. The van der Waals surface area contributed by atoms with Gasteiger partial charge in [-0.15, -0.1) is 4.91 Å². The summed E-state index contributed by atoms with van der Waals surface area (Å²) in [7, 11) is 0. The van der Waals surface area contributed by atoms with Crippen molar-refractivity contribution in [2.75, 3.05) is 13.1 Å². The molecule has 110 valence electrons. The van der Waals surface area contributed by atoms with Crippen LogP contribution in [0.1, 0.15) is 12.8 Å². The minimum Gasteiger partial charge on any atom is -0.388 e. The van der Waals surface area contributed by atoms with Crippen molar-refractivity contribution in [3.05, 3.63) is 39.8 Å². The van der Waals surface area contributed by atoms with E-state index < -0.39 is 5.60 Å². The van der Waals surface area contributed by atoms with Gasteiger partial charge in [0.05, 0.1) is 29.4 Å². The summed E-state index contributed by atoms with van der Waals surface area (Å²) in [5.74, 6) is 0. The van der Waals surface area contributed by atoms with Gasteiger partial charge in [-0.25, -0.2) is 4.98 Å². The molecule has 1 aliphatic rings. The van der Waals surface area contributed by atoms with E-state index in [0.29, 0.717) is 23.7 Å². The van der Waals surface area contributed by atoms with Crippen LogP contribution >= 0.6 is 0 Å². The highest BCUT2D eigenvalue weighted by Gasteiger charge is 2.30. The van der Waals surface area contributed by atoms with E-state index in [1.807, 2.05) is 0 Å². The van der Waals surface area contributed by atoms with Gasteiger partial charge in [-0.3, -0.25) is 9.36 Å². The quantitative estimate of drug-likeness (QED) is 0.818. The van der Waals surface area contributed by atoms with Crippen molar-refractivity contribution < 1.29 is 5.11 Å². The number of hydrogen-bond donors (Lipinski definition) is 2. The van der Waals surface area contributed by atoms with Gasteiger partial charge in [-0.05, 0) is 49.3 Å². The van der Waals surface area contributed by atoms with Gasteiger partial charge in [0.15, 0.2) is 0 Å². The zero-order valence-corrected chi connectivity index (χ0v) is 11.5. The second-order valence-corrected chi connectivity index (χ2v) is 5.44. The van der Waals surface area contributed by atoms with E-state index in [0.717, 1.165) is 13.1 Å². The minimum atomic E-state index is -0.880. The summed E-state index contributed by atoms with van der Waals surface area (Å²) in [5.41, 5.74) is -0.423. The minimum absolute atomic E-state index is 0.218. The molecular weight excluding hydrogens is 272 g/mol. The van der Waals surface area contributed by atoms with Crippen LogP contribution in [0.5, 0.6) is 0 Å². The van der Waals surface area contributed by atoms with Crippen LogP contribution in [-0.4, -0.2) is 33.3 Å². The van der Waals surface area contributed by atoms with E-state index in [4.69, 9.17) is 0 Å². The van der Waals surface area contributed by atoms with Crippen molar-refractivity contribution in [3.8, 4) is 0 Å². The van der Waals surface area contributed by atoms with Crippen molar-refractivity contribution in [3.63, 3.8) is 0 Å². The predicted molar refractivity (Wildman–Crippen MR) is 78.5 cm³/mol. The summed E-state index contributed by atoms with van der Waals surface area (Å²) in [6.07, 6.45) is 2.62. The molecular formula is C14H16N4O3. The van der Waals surface area contributed by atoms with Gasteiger partial charge < -0.3 is 10.4 Å². The monoisotopic (exact) mass is 288 g/mol. The van der Waals surface area contributed by atoms with Crippen LogP contribution in [0.4, 0.5) is 5.69 Å². The maximum Gasteiger partial charge on any atom is 0.261 e. The number of piperidine rings is 1. The fourth-order valence-electron chi connectivity index (χ4n) is 2.68. The maximum atomic E-state index is 12.4. The number of nitroso groups, excluding NO2 is 1. The molecule has 1 aliphatic heterocycles. The molecule has 21 heavy (non-hydrogen) atoms. The Morgan fingerprint density at radius 1 is 1.38 bits per heavy atom. The van der Waals surface area contributed by atoms with E-state index >= 15 is 0 Å². The third-order valence-electron chi connectivity index (χ3n) is 3.91. The molecule has 1 saturated heterocycles. The summed E-state index contributed by atoms with van der Waals surface area (Å²) in [6.45, 7) is 1.70. The molecule has 0 unspecified atom stereocenters. The summed E-state index contributed by atoms with van der Waals surface area (Å²) in [5, 5.41) is 16.9. The number of rotatable bonds is 3. The van der Waals surface area contributed by atoms with E-state index in [2.05, 4.69) is 15.5 Å². The Hall–Kier alpha value is -2.12. The van der Waals surface area contributed by atoms with Gasteiger partial charge in [-0.2, -0.15) is 0 Å². The molecule has 0 amide bonds. The molecule has 0 aliphatic carbocycles. The fraction of sp³-hybridized carbons (Fsp3) is 0.429. The molecule has 2 heterocycles. The Labute approximate surface area is 120 Å². The second kappa shape index (κ2) is 5.34. The van der Waals surface area contributed by atoms with E-state index in [9.17, 15) is 14.8 Å². The summed E-state index contributed by atoms with van der Waals surface area (Å²) in [6, 6.07) is 4.51. The number of fused-ring (bicyclic) bond motifs is 1. The topological polar surface area (TPSA) is 96.6 Å². The van der Waals surface area contributed by atoms with Gasteiger partial charge in [0, 0.05) is 0 Å². The molecule has 7 heteroatoms. The summed E-state index contributed by atoms with van der Waals surface area (Å²) in [4.78, 5) is 27.1. The third kappa shape index (κ3) is 2.70. The molecule has 0 bridgehead atoms. The molecule has 1 aromatic heterocycles. The van der Waals surface area contributed by atoms with Crippen LogP contribution in [0.25, 0.3) is 10.9 Å². The average Bonchev–Trinajstić information content (AvgIpc) is 2.50. The zero-order valence-electron chi connectivity index (χ0n) is 11.5. The SMILES string of the molecule is O=Nc1ccc2c(=O)n(CC3(O)CCNCC3)cnc2c1. The third-order valence-corrected chi connectivity index (χ3v) is 3.91. The van der Waals surface area contributed by atoms with Crippen LogP contribution in [0.2, 0.25) is 0 Å². The smallest absolute Gasteiger partial charge is 0.261 e. The maximum absolute atomic E-state index is 12.4. The first kappa shape index (κ1) is 13.8. The van der Waals surface area contributed by atoms with Gasteiger partial charge >= 0.3 is 0 Å². The van der Waals surface area contributed by atoms with E-state index in [-0.39, 0.29) is 17.8 Å². The number of hydrogen-bond acceptors (Lipinski definition) is 6. The Balaban J connectivity index is 1.98. The molecule has 3 rings (SSSR count). The highest BCUT2D eigenvalue weighted by molar-refractivity contribution is 5.80. The van der Waals surface area contributed by atoms with Crippen LogP contribution in [0.3, 0.4) is 0 Å². The Bertz CT molecular complexity index is 735. The Morgan fingerprint density at radius 3 is 2.86 bits per heavy atom. The Morgan fingerprint density at radius 2 is 2.14 bits per heavy atom. The molecule has 2 aromatic rings. The van der Waals surface area contributed by atoms with Crippen molar-refractivity contribution in [1.82, 2.24) is 14.9 Å². The number of aromatic nitrogens is 2. The summed E-state index contributed by atoms with van der Waals surface area (Å²) >= 11 is 0. The van der Waals surface area contributed by atoms with Crippen LogP contribution in [-0.2, 0) is 6.54 Å². The van der Waals surface area contributed by atoms with Gasteiger partial charge in [-0.1, -0.05) is 0 Å². The lowest BCUT2D eigenvalue weighted by molar-refractivity contribution is -0.00627. The number of nitrogens with one attached hydrogen (secondary N) is 1. The van der Waals surface area contributed by atoms with Crippen molar-refractivity contribution in [2.45, 2.75) is 25.0 Å². The molecule has 0 spiro atoms. The van der Waals surface area contributed by atoms with Gasteiger partial charge in [0.2, 0.25) is 0 Å². The number of aliphatic hydroxyl groups is 1. The lowest BCUT2D eigenvalue weighted by atomic mass is 9.92. The van der Waals surface area contributed by atoms with Gasteiger partial charge in [0.25, 0.3) is 5.56 Å². The first-order valence-electron chi connectivity index (χ1n) is 6.87. The second-order valence-electron chi connectivity index (χ2n) is 5.44. The molecule has 0 radical (unpaired) electrons. The van der Waals surface area contributed by atoms with Crippen LogP contribution < -0.4 is 10.9 Å². The lowest BCUT2D eigenvalue weighted by Crippen LogP contribution is -2.46. The predicted octanol–water partition coefficient (Wildman–Crippen LogP) is 0.909. The average molecular weight is 288 g/mol. The molecule has 7 nitrogen and oxygen atoms in total. The zero-order chi connectivity index (χ0) is 14.9. The Kier molecular flexibility index (Phi) is 3.52. The highest BCUT2D eigenvalue weighted by atomic mass is 16.3. The van der Waals surface area contributed by atoms with E-state index in [1.165, 1.54) is 23.0 Å². The molecule has 0 atom stereocenters. The van der Waals surface area contributed by atoms with Gasteiger partial charge in [0.1, 0.15) is 5.69 Å². The van der Waals surface area contributed by atoms with Crippen molar-refractivity contribution >= 4 is 16.6 Å². The summed E-state index contributed by atoms with van der Waals surface area (Å²) < 4.78 is 1.43. The molecule has 2 N–H and O–H groups in total. The van der Waals surface area contributed by atoms with Crippen molar-refractivity contribution in [2.24, 2.45) is 5.18 Å². The molecule has 1 fully saturated rings. The fourth-order valence-corrected chi connectivity index (χ4v) is 2.68. The highest BCUT2D eigenvalue weighted by Crippen LogP contribution is 2.21. The molecule has 0 saturated carbocycles. The van der Waals surface area contributed by atoms with Crippen LogP contribution in [0.15, 0.2) is 34.5 Å². The lowest BCUT2D eigenvalue weighted by Gasteiger charge is -2.32. The van der Waals surface area contributed by atoms with E-state index in [1.54, 1.807) is 6.07 Å². The first-order chi connectivity index (χ1) is 10.1.